The van der Waals surface area contributed by atoms with Gasteiger partial charge in [0.15, 0.2) is 5.69 Å². The van der Waals surface area contributed by atoms with Gasteiger partial charge in [-0.25, -0.2) is 9.97 Å². The SMILES string of the molecule is N#Cc1cnc(NCC2CCC(C(=O)O)CC2)cn1. The van der Waals surface area contributed by atoms with Gasteiger partial charge < -0.3 is 10.4 Å². The Labute approximate surface area is 111 Å². The van der Waals surface area contributed by atoms with Gasteiger partial charge in [0.25, 0.3) is 0 Å². The summed E-state index contributed by atoms with van der Waals surface area (Å²) in [5.41, 5.74) is 0.299. The van der Waals surface area contributed by atoms with Crippen LogP contribution in [0, 0.1) is 23.2 Å². The van der Waals surface area contributed by atoms with Crippen LogP contribution in [0.25, 0.3) is 0 Å². The van der Waals surface area contributed by atoms with E-state index in [9.17, 15) is 4.79 Å². The number of nitrogens with zero attached hydrogens (tertiary/aromatic N) is 3. The fraction of sp³-hybridized carbons (Fsp3) is 0.538. The Morgan fingerprint density at radius 2 is 2.11 bits per heavy atom. The lowest BCUT2D eigenvalue weighted by Gasteiger charge is -2.26. The summed E-state index contributed by atoms with van der Waals surface area (Å²) in [4.78, 5) is 18.9. The summed E-state index contributed by atoms with van der Waals surface area (Å²) in [5, 5.41) is 20.7. The van der Waals surface area contributed by atoms with Gasteiger partial charge in [0.1, 0.15) is 11.9 Å². The normalized spacial score (nSPS) is 22.5. The molecule has 1 fully saturated rings. The predicted octanol–water partition coefficient (Wildman–Crippen LogP) is 1.65. The van der Waals surface area contributed by atoms with Gasteiger partial charge in [0.2, 0.25) is 0 Å². The number of nitriles is 1. The lowest BCUT2D eigenvalue weighted by atomic mass is 9.82. The van der Waals surface area contributed by atoms with Gasteiger partial charge in [-0.15, -0.1) is 0 Å². The van der Waals surface area contributed by atoms with Crippen molar-refractivity contribution in [2.45, 2.75) is 25.7 Å². The van der Waals surface area contributed by atoms with Crippen LogP contribution in [0.1, 0.15) is 31.4 Å². The standard InChI is InChI=1S/C13H16N4O2/c14-5-11-7-17-12(8-15-11)16-6-9-1-3-10(4-2-9)13(18)19/h7-10H,1-4,6H2,(H,16,17)(H,18,19). The maximum Gasteiger partial charge on any atom is 0.306 e. The van der Waals surface area contributed by atoms with Crippen molar-refractivity contribution >= 4 is 11.8 Å². The van der Waals surface area contributed by atoms with Crippen LogP contribution in [0.2, 0.25) is 0 Å². The number of carboxylic acid groups (broad SMARTS) is 1. The van der Waals surface area contributed by atoms with E-state index in [1.165, 1.54) is 6.20 Å². The molecule has 100 valence electrons. The fourth-order valence-electron chi connectivity index (χ4n) is 2.34. The van der Waals surface area contributed by atoms with Crippen LogP contribution in [-0.4, -0.2) is 27.6 Å². The molecule has 6 nitrogen and oxygen atoms in total. The molecule has 2 rings (SSSR count). The molecule has 0 amide bonds. The highest BCUT2D eigenvalue weighted by Gasteiger charge is 2.25. The second-order valence-electron chi connectivity index (χ2n) is 4.84. The van der Waals surface area contributed by atoms with E-state index in [1.807, 2.05) is 6.07 Å². The van der Waals surface area contributed by atoms with Crippen LogP contribution in [0.5, 0.6) is 0 Å². The average Bonchev–Trinajstić information content (AvgIpc) is 2.46. The molecule has 19 heavy (non-hydrogen) atoms. The second-order valence-corrected chi connectivity index (χ2v) is 4.84. The Hall–Kier alpha value is -2.16. The number of carbonyl (C=O) groups is 1. The van der Waals surface area contributed by atoms with Crippen LogP contribution >= 0.6 is 0 Å². The van der Waals surface area contributed by atoms with Gasteiger partial charge in [-0.3, -0.25) is 4.79 Å². The zero-order valence-corrected chi connectivity index (χ0v) is 10.5. The molecule has 0 spiro atoms. The van der Waals surface area contributed by atoms with E-state index < -0.39 is 5.97 Å². The highest BCUT2D eigenvalue weighted by molar-refractivity contribution is 5.69. The van der Waals surface area contributed by atoms with Gasteiger partial charge >= 0.3 is 5.97 Å². The number of hydrogen-bond donors (Lipinski definition) is 2. The highest BCUT2D eigenvalue weighted by atomic mass is 16.4. The van der Waals surface area contributed by atoms with Crippen LogP contribution in [0.4, 0.5) is 5.82 Å². The van der Waals surface area contributed by atoms with Crippen LogP contribution in [0.3, 0.4) is 0 Å². The molecule has 0 radical (unpaired) electrons. The number of nitrogens with one attached hydrogen (secondary N) is 1. The molecule has 1 aromatic heterocycles. The Morgan fingerprint density at radius 3 is 2.63 bits per heavy atom. The molecule has 0 atom stereocenters. The van der Waals surface area contributed by atoms with E-state index in [2.05, 4.69) is 15.3 Å². The molecule has 1 aromatic rings. The summed E-state index contributed by atoms with van der Waals surface area (Å²) < 4.78 is 0. The van der Waals surface area contributed by atoms with Crippen molar-refractivity contribution < 1.29 is 9.90 Å². The van der Waals surface area contributed by atoms with Crippen molar-refractivity contribution in [2.24, 2.45) is 11.8 Å². The molecule has 1 aliphatic carbocycles. The molecule has 0 bridgehead atoms. The minimum atomic E-state index is -0.677. The molecule has 0 saturated heterocycles. The molecule has 1 saturated carbocycles. The van der Waals surface area contributed by atoms with E-state index in [-0.39, 0.29) is 5.92 Å². The van der Waals surface area contributed by atoms with Gasteiger partial charge in [-0.05, 0) is 31.6 Å². The fourth-order valence-corrected chi connectivity index (χ4v) is 2.34. The number of anilines is 1. The lowest BCUT2D eigenvalue weighted by molar-refractivity contribution is -0.143. The molecule has 0 aliphatic heterocycles. The molecule has 2 N–H and O–H groups in total. The van der Waals surface area contributed by atoms with E-state index in [0.717, 1.165) is 32.2 Å². The third kappa shape index (κ3) is 3.65. The topological polar surface area (TPSA) is 98.9 Å². The van der Waals surface area contributed by atoms with E-state index in [4.69, 9.17) is 10.4 Å². The first-order chi connectivity index (χ1) is 9.19. The van der Waals surface area contributed by atoms with Gasteiger partial charge in [-0.2, -0.15) is 5.26 Å². The lowest BCUT2D eigenvalue weighted by Crippen LogP contribution is -2.25. The maximum atomic E-state index is 10.8. The third-order valence-electron chi connectivity index (χ3n) is 3.53. The summed E-state index contributed by atoms with van der Waals surface area (Å²) in [6, 6.07) is 1.92. The average molecular weight is 260 g/mol. The van der Waals surface area contributed by atoms with Gasteiger partial charge in [-0.1, -0.05) is 0 Å². The number of aromatic nitrogens is 2. The molecule has 6 heteroatoms. The maximum absolute atomic E-state index is 10.8. The summed E-state index contributed by atoms with van der Waals surface area (Å²) in [6.07, 6.45) is 6.33. The van der Waals surface area contributed by atoms with Crippen molar-refractivity contribution in [2.75, 3.05) is 11.9 Å². The molecular formula is C13H16N4O2. The minimum absolute atomic E-state index is 0.175. The predicted molar refractivity (Wildman–Crippen MR) is 68.3 cm³/mol. The molecule has 1 aliphatic rings. The quantitative estimate of drug-likeness (QED) is 0.854. The van der Waals surface area contributed by atoms with Crippen LogP contribution in [0.15, 0.2) is 12.4 Å². The van der Waals surface area contributed by atoms with Crippen molar-refractivity contribution in [3.05, 3.63) is 18.1 Å². The molecule has 0 aromatic carbocycles. The highest BCUT2D eigenvalue weighted by Crippen LogP contribution is 2.28. The van der Waals surface area contributed by atoms with Gasteiger partial charge in [0, 0.05) is 6.54 Å². The molecule has 0 unspecified atom stereocenters. The van der Waals surface area contributed by atoms with E-state index >= 15 is 0 Å². The van der Waals surface area contributed by atoms with Crippen molar-refractivity contribution in [1.82, 2.24) is 9.97 Å². The van der Waals surface area contributed by atoms with E-state index in [1.54, 1.807) is 6.20 Å². The van der Waals surface area contributed by atoms with Crippen molar-refractivity contribution in [3.63, 3.8) is 0 Å². The van der Waals surface area contributed by atoms with Gasteiger partial charge in [0.05, 0.1) is 18.3 Å². The van der Waals surface area contributed by atoms with Crippen molar-refractivity contribution in [3.8, 4) is 6.07 Å². The number of aliphatic carboxylic acids is 1. The third-order valence-corrected chi connectivity index (χ3v) is 3.53. The number of rotatable bonds is 4. The molecule has 1 heterocycles. The Bertz CT molecular complexity index is 472. The minimum Gasteiger partial charge on any atom is -0.481 e. The monoisotopic (exact) mass is 260 g/mol. The smallest absolute Gasteiger partial charge is 0.306 e. The summed E-state index contributed by atoms with van der Waals surface area (Å²) in [6.45, 7) is 0.771. The Morgan fingerprint density at radius 1 is 1.37 bits per heavy atom. The first kappa shape index (κ1) is 13.3. The first-order valence-electron chi connectivity index (χ1n) is 6.38. The number of carboxylic acids is 1. The zero-order chi connectivity index (χ0) is 13.7. The summed E-state index contributed by atoms with van der Waals surface area (Å²) in [5.74, 6) is 0.280. The number of hydrogen-bond acceptors (Lipinski definition) is 5. The first-order valence-corrected chi connectivity index (χ1v) is 6.38. The summed E-state index contributed by atoms with van der Waals surface area (Å²) in [7, 11) is 0. The second kappa shape index (κ2) is 6.14. The van der Waals surface area contributed by atoms with Crippen LogP contribution in [-0.2, 0) is 4.79 Å². The van der Waals surface area contributed by atoms with Crippen molar-refractivity contribution in [1.29, 1.82) is 5.26 Å². The largest absolute Gasteiger partial charge is 0.481 e. The summed E-state index contributed by atoms with van der Waals surface area (Å²) >= 11 is 0. The molecular weight excluding hydrogens is 244 g/mol. The zero-order valence-electron chi connectivity index (χ0n) is 10.5. The van der Waals surface area contributed by atoms with Crippen LogP contribution < -0.4 is 5.32 Å². The Balaban J connectivity index is 1.77. The van der Waals surface area contributed by atoms with E-state index in [0.29, 0.717) is 17.4 Å². The Kier molecular flexibility index (Phi) is 4.29.